The van der Waals surface area contributed by atoms with Gasteiger partial charge in [-0.1, -0.05) is 47.5 Å². The summed E-state index contributed by atoms with van der Waals surface area (Å²) in [4.78, 5) is 0. The van der Waals surface area contributed by atoms with Crippen LogP contribution in [0.5, 0.6) is 0 Å². The summed E-state index contributed by atoms with van der Waals surface area (Å²) in [5.41, 5.74) is 8.87. The van der Waals surface area contributed by atoms with Crippen LogP contribution in [-0.4, -0.2) is 0 Å². The van der Waals surface area contributed by atoms with Crippen LogP contribution >= 0.6 is 23.2 Å². The van der Waals surface area contributed by atoms with Gasteiger partial charge in [-0.05, 0) is 41.8 Å². The normalized spacial score (nSPS) is 12.5. The Bertz CT molecular complexity index is 535. The molecule has 0 radical (unpaired) electrons. The summed E-state index contributed by atoms with van der Waals surface area (Å²) in [6.07, 6.45) is 0. The van der Waals surface area contributed by atoms with E-state index in [1.807, 2.05) is 49.4 Å². The molecule has 0 aliphatic heterocycles. The van der Waals surface area contributed by atoms with Gasteiger partial charge in [-0.15, -0.1) is 0 Å². The third kappa shape index (κ3) is 2.81. The first-order valence-corrected chi connectivity index (χ1v) is 6.14. The Morgan fingerprint density at radius 3 is 2.29 bits per heavy atom. The van der Waals surface area contributed by atoms with Crippen molar-refractivity contribution in [2.75, 3.05) is 0 Å². The van der Waals surface area contributed by atoms with Crippen molar-refractivity contribution in [2.24, 2.45) is 5.73 Å². The van der Waals surface area contributed by atoms with Gasteiger partial charge >= 0.3 is 0 Å². The molecule has 88 valence electrons. The third-order valence-electron chi connectivity index (χ3n) is 2.65. The largest absolute Gasteiger partial charge is 0.324 e. The van der Waals surface area contributed by atoms with Gasteiger partial charge in [0, 0.05) is 16.1 Å². The van der Waals surface area contributed by atoms with Crippen molar-refractivity contribution in [3.8, 4) is 11.1 Å². The molecule has 0 amide bonds. The van der Waals surface area contributed by atoms with Gasteiger partial charge in [-0.25, -0.2) is 0 Å². The van der Waals surface area contributed by atoms with Gasteiger partial charge < -0.3 is 5.73 Å². The van der Waals surface area contributed by atoms with E-state index < -0.39 is 0 Å². The van der Waals surface area contributed by atoms with Crippen molar-refractivity contribution >= 4 is 23.2 Å². The lowest BCUT2D eigenvalue weighted by Gasteiger charge is -2.10. The van der Waals surface area contributed by atoms with Crippen molar-refractivity contribution in [2.45, 2.75) is 13.0 Å². The molecule has 0 heterocycles. The predicted octanol–water partition coefficient (Wildman–Crippen LogP) is 4.68. The molecule has 2 rings (SSSR count). The number of benzene rings is 2. The fourth-order valence-corrected chi connectivity index (χ4v) is 2.29. The highest BCUT2D eigenvalue weighted by Crippen LogP contribution is 2.29. The van der Waals surface area contributed by atoms with Crippen LogP contribution in [0.1, 0.15) is 18.5 Å². The smallest absolute Gasteiger partial charge is 0.0459 e. The zero-order chi connectivity index (χ0) is 12.4. The molecule has 0 aliphatic rings. The van der Waals surface area contributed by atoms with E-state index in [9.17, 15) is 0 Å². The molecule has 0 saturated heterocycles. The Labute approximate surface area is 111 Å². The Morgan fingerprint density at radius 2 is 1.71 bits per heavy atom. The van der Waals surface area contributed by atoms with E-state index in [4.69, 9.17) is 28.9 Å². The van der Waals surface area contributed by atoms with E-state index in [-0.39, 0.29) is 6.04 Å². The van der Waals surface area contributed by atoms with Crippen molar-refractivity contribution in [3.63, 3.8) is 0 Å². The minimum absolute atomic E-state index is 0.0593. The molecule has 1 atom stereocenters. The van der Waals surface area contributed by atoms with Crippen LogP contribution in [0.2, 0.25) is 10.0 Å². The van der Waals surface area contributed by atoms with E-state index in [0.717, 1.165) is 21.7 Å². The van der Waals surface area contributed by atoms with Gasteiger partial charge in [0.2, 0.25) is 0 Å². The zero-order valence-corrected chi connectivity index (χ0v) is 11.0. The van der Waals surface area contributed by atoms with Crippen molar-refractivity contribution in [1.82, 2.24) is 0 Å². The lowest BCUT2D eigenvalue weighted by Crippen LogP contribution is -2.05. The number of rotatable bonds is 2. The van der Waals surface area contributed by atoms with Crippen LogP contribution in [-0.2, 0) is 0 Å². The van der Waals surface area contributed by atoms with E-state index >= 15 is 0 Å². The van der Waals surface area contributed by atoms with Gasteiger partial charge in [-0.2, -0.15) is 0 Å². The summed E-state index contributed by atoms with van der Waals surface area (Å²) < 4.78 is 0. The first-order valence-electron chi connectivity index (χ1n) is 5.39. The third-order valence-corrected chi connectivity index (χ3v) is 3.21. The SMILES string of the molecule is CC(N)c1ccc(-c2cccc(Cl)c2)cc1Cl. The first-order chi connectivity index (χ1) is 8.08. The highest BCUT2D eigenvalue weighted by Gasteiger charge is 2.07. The Balaban J connectivity index is 2.44. The average Bonchev–Trinajstić information content (AvgIpc) is 2.28. The first kappa shape index (κ1) is 12.4. The Kier molecular flexibility index (Phi) is 3.72. The molecule has 1 unspecified atom stereocenters. The maximum atomic E-state index is 6.20. The molecule has 3 heteroatoms. The van der Waals surface area contributed by atoms with E-state index in [0.29, 0.717) is 5.02 Å². The lowest BCUT2D eigenvalue weighted by molar-refractivity contribution is 0.819. The molecule has 1 nitrogen and oxygen atoms in total. The summed E-state index contributed by atoms with van der Waals surface area (Å²) >= 11 is 12.2. The summed E-state index contributed by atoms with van der Waals surface area (Å²) in [6.45, 7) is 1.92. The maximum Gasteiger partial charge on any atom is 0.0459 e. The van der Waals surface area contributed by atoms with Crippen LogP contribution < -0.4 is 5.73 Å². The van der Waals surface area contributed by atoms with E-state index in [1.165, 1.54) is 0 Å². The Hall–Kier alpha value is -1.02. The van der Waals surface area contributed by atoms with Crippen molar-refractivity contribution < 1.29 is 0 Å². The quantitative estimate of drug-likeness (QED) is 0.839. The highest BCUT2D eigenvalue weighted by molar-refractivity contribution is 6.32. The topological polar surface area (TPSA) is 26.0 Å². The maximum absolute atomic E-state index is 6.20. The summed E-state index contributed by atoms with van der Waals surface area (Å²) in [7, 11) is 0. The van der Waals surface area contributed by atoms with Crippen molar-refractivity contribution in [1.29, 1.82) is 0 Å². The van der Waals surface area contributed by atoms with Gasteiger partial charge in [0.05, 0.1) is 0 Å². The minimum Gasteiger partial charge on any atom is -0.324 e. The van der Waals surface area contributed by atoms with Crippen LogP contribution in [0.3, 0.4) is 0 Å². The molecule has 0 fully saturated rings. The molecule has 2 aromatic rings. The molecule has 0 bridgehead atoms. The summed E-state index contributed by atoms with van der Waals surface area (Å²) in [6, 6.07) is 13.5. The van der Waals surface area contributed by atoms with Crippen LogP contribution in [0, 0.1) is 0 Å². The predicted molar refractivity (Wildman–Crippen MR) is 74.5 cm³/mol. The highest BCUT2D eigenvalue weighted by atomic mass is 35.5. The molecule has 2 aromatic carbocycles. The lowest BCUT2D eigenvalue weighted by atomic mass is 10.0. The fraction of sp³-hybridized carbons (Fsp3) is 0.143. The molecule has 0 saturated carbocycles. The minimum atomic E-state index is -0.0593. The number of hydrogen-bond acceptors (Lipinski definition) is 1. The molecule has 2 N–H and O–H groups in total. The monoisotopic (exact) mass is 265 g/mol. The molecule has 0 aliphatic carbocycles. The van der Waals surface area contributed by atoms with E-state index in [2.05, 4.69) is 0 Å². The summed E-state index contributed by atoms with van der Waals surface area (Å²) in [5, 5.41) is 1.41. The second-order valence-corrected chi connectivity index (χ2v) is 4.88. The van der Waals surface area contributed by atoms with Gasteiger partial charge in [0.15, 0.2) is 0 Å². The summed E-state index contributed by atoms with van der Waals surface area (Å²) in [5.74, 6) is 0. The van der Waals surface area contributed by atoms with Crippen molar-refractivity contribution in [3.05, 3.63) is 58.1 Å². The molecular formula is C14H13Cl2N. The second kappa shape index (κ2) is 5.09. The number of halogens is 2. The average molecular weight is 266 g/mol. The van der Waals surface area contributed by atoms with E-state index in [1.54, 1.807) is 0 Å². The molecule has 0 spiro atoms. The van der Waals surface area contributed by atoms with Crippen LogP contribution in [0.25, 0.3) is 11.1 Å². The van der Waals surface area contributed by atoms with Crippen LogP contribution in [0.4, 0.5) is 0 Å². The van der Waals surface area contributed by atoms with Gasteiger partial charge in [0.1, 0.15) is 0 Å². The number of nitrogens with two attached hydrogens (primary N) is 1. The zero-order valence-electron chi connectivity index (χ0n) is 9.45. The molecule has 17 heavy (non-hydrogen) atoms. The van der Waals surface area contributed by atoms with Gasteiger partial charge in [-0.3, -0.25) is 0 Å². The Morgan fingerprint density at radius 1 is 1.00 bits per heavy atom. The van der Waals surface area contributed by atoms with Crippen LogP contribution in [0.15, 0.2) is 42.5 Å². The number of hydrogen-bond donors (Lipinski definition) is 1. The molecule has 0 aromatic heterocycles. The second-order valence-electron chi connectivity index (χ2n) is 4.04. The fourth-order valence-electron chi connectivity index (χ4n) is 1.74. The standard InChI is InChI=1S/C14H13Cl2N/c1-9(17)13-6-5-11(8-14(13)16)10-3-2-4-12(15)7-10/h2-9H,17H2,1H3. The molecular weight excluding hydrogens is 253 g/mol. The van der Waals surface area contributed by atoms with Gasteiger partial charge in [0.25, 0.3) is 0 Å².